The molecule has 0 bridgehead atoms. The molecule has 0 radical (unpaired) electrons. The van der Waals surface area contributed by atoms with Gasteiger partial charge in [0.15, 0.2) is 10.8 Å². The van der Waals surface area contributed by atoms with Gasteiger partial charge in [0.05, 0.1) is 12.1 Å². The molecule has 0 spiro atoms. The van der Waals surface area contributed by atoms with Crippen LogP contribution in [0.4, 0.5) is 0 Å². The molecule has 5 heterocycles. The maximum Gasteiger partial charge on any atom is 0.258 e. The van der Waals surface area contributed by atoms with E-state index in [9.17, 15) is 9.59 Å². The van der Waals surface area contributed by atoms with Crippen molar-refractivity contribution < 1.29 is 4.79 Å². The second kappa shape index (κ2) is 7.82. The van der Waals surface area contributed by atoms with Crippen molar-refractivity contribution in [2.75, 3.05) is 26.2 Å². The Morgan fingerprint density at radius 2 is 1.90 bits per heavy atom. The molecule has 0 aliphatic carbocycles. The topological polar surface area (TPSA) is 101 Å². The quantitative estimate of drug-likeness (QED) is 0.462. The molecule has 11 heteroatoms. The number of fused-ring (bicyclic) bond motifs is 2. The number of piperazine rings is 1. The van der Waals surface area contributed by atoms with Crippen molar-refractivity contribution in [1.29, 1.82) is 0 Å². The lowest BCUT2D eigenvalue weighted by atomic mass is 10.2. The monoisotopic (exact) mass is 438 g/mol. The molecule has 4 aromatic rings. The van der Waals surface area contributed by atoms with Gasteiger partial charge < -0.3 is 4.90 Å². The van der Waals surface area contributed by atoms with Crippen molar-refractivity contribution in [3.63, 3.8) is 0 Å². The maximum atomic E-state index is 12.8. The van der Waals surface area contributed by atoms with Gasteiger partial charge in [-0.15, -0.1) is 16.4 Å². The van der Waals surface area contributed by atoms with Gasteiger partial charge in [0, 0.05) is 61.8 Å². The Balaban J connectivity index is 1.20. The first-order chi connectivity index (χ1) is 15.0. The number of aryl methyl sites for hydroxylation is 2. The van der Waals surface area contributed by atoms with Crippen LogP contribution in [-0.2, 0) is 17.8 Å². The Hall–Kier alpha value is -3.18. The highest BCUT2D eigenvalue weighted by Gasteiger charge is 2.23. The summed E-state index contributed by atoms with van der Waals surface area (Å²) < 4.78 is 3.23. The van der Waals surface area contributed by atoms with Gasteiger partial charge in [-0.2, -0.15) is 4.98 Å². The standard InChI is InChI=1S/C20H22N8O2S/c1-13-9-14(2)28-19(21-13)23-16(24-28)11-17(29)26-5-3-25(4-6-26)12-15-10-18(30)27-7-8-31-20(27)22-15/h7-10H,3-6,11-12H2,1-2H3. The van der Waals surface area contributed by atoms with Gasteiger partial charge in [0.2, 0.25) is 5.91 Å². The van der Waals surface area contributed by atoms with Crippen LogP contribution in [0.5, 0.6) is 0 Å². The first-order valence-corrected chi connectivity index (χ1v) is 11.0. The molecular formula is C20H22N8O2S. The number of rotatable bonds is 4. The van der Waals surface area contributed by atoms with Gasteiger partial charge in [-0.05, 0) is 19.9 Å². The summed E-state index contributed by atoms with van der Waals surface area (Å²) in [7, 11) is 0. The Labute approximate surface area is 181 Å². The van der Waals surface area contributed by atoms with Gasteiger partial charge in [-0.25, -0.2) is 14.5 Å². The Bertz CT molecular complexity index is 1330. The van der Waals surface area contributed by atoms with Gasteiger partial charge in [-0.1, -0.05) is 0 Å². The van der Waals surface area contributed by atoms with Gasteiger partial charge in [0.25, 0.3) is 11.3 Å². The predicted molar refractivity (Wildman–Crippen MR) is 115 cm³/mol. The van der Waals surface area contributed by atoms with E-state index in [-0.39, 0.29) is 17.9 Å². The maximum absolute atomic E-state index is 12.8. The third-order valence-electron chi connectivity index (χ3n) is 5.44. The molecule has 0 aromatic carbocycles. The van der Waals surface area contributed by atoms with E-state index in [0.717, 1.165) is 30.2 Å². The summed E-state index contributed by atoms with van der Waals surface area (Å²) in [5.74, 6) is 1.03. The molecule has 1 fully saturated rings. The molecule has 160 valence electrons. The number of nitrogens with zero attached hydrogens (tertiary/aromatic N) is 8. The highest BCUT2D eigenvalue weighted by Crippen LogP contribution is 2.12. The number of carbonyl (C=O) groups excluding carboxylic acids is 1. The van der Waals surface area contributed by atoms with E-state index in [2.05, 4.69) is 25.0 Å². The number of hydrogen-bond acceptors (Lipinski definition) is 8. The number of amides is 1. The molecule has 1 saturated heterocycles. The molecular weight excluding hydrogens is 416 g/mol. The minimum atomic E-state index is -0.0602. The summed E-state index contributed by atoms with van der Waals surface area (Å²) >= 11 is 1.45. The van der Waals surface area contributed by atoms with Crippen molar-refractivity contribution in [2.24, 2.45) is 0 Å². The molecule has 10 nitrogen and oxygen atoms in total. The first kappa shape index (κ1) is 19.8. The van der Waals surface area contributed by atoms with Crippen LogP contribution in [0.1, 0.15) is 22.9 Å². The minimum absolute atomic E-state index is 0.0151. The fraction of sp³-hybridized carbons (Fsp3) is 0.400. The molecule has 1 aliphatic rings. The highest BCUT2D eigenvalue weighted by atomic mass is 32.1. The molecule has 1 aliphatic heterocycles. The summed E-state index contributed by atoms with van der Waals surface area (Å²) in [6, 6.07) is 3.52. The van der Waals surface area contributed by atoms with E-state index < -0.39 is 0 Å². The van der Waals surface area contributed by atoms with Crippen LogP contribution in [0.3, 0.4) is 0 Å². The van der Waals surface area contributed by atoms with E-state index in [4.69, 9.17) is 0 Å². The largest absolute Gasteiger partial charge is 0.340 e. The van der Waals surface area contributed by atoms with Gasteiger partial charge in [0.1, 0.15) is 0 Å². The zero-order valence-corrected chi connectivity index (χ0v) is 18.2. The van der Waals surface area contributed by atoms with Crippen LogP contribution >= 0.6 is 11.3 Å². The number of hydrogen-bond donors (Lipinski definition) is 0. The molecule has 0 unspecified atom stereocenters. The third-order valence-corrected chi connectivity index (χ3v) is 6.19. The van der Waals surface area contributed by atoms with Crippen molar-refractivity contribution >= 4 is 28.0 Å². The van der Waals surface area contributed by atoms with Crippen molar-refractivity contribution in [3.8, 4) is 0 Å². The zero-order chi connectivity index (χ0) is 21.5. The van der Waals surface area contributed by atoms with E-state index >= 15 is 0 Å². The van der Waals surface area contributed by atoms with Gasteiger partial charge >= 0.3 is 0 Å². The summed E-state index contributed by atoms with van der Waals surface area (Å²) in [5.41, 5.74) is 2.52. The molecule has 4 aromatic heterocycles. The van der Waals surface area contributed by atoms with Crippen LogP contribution in [0.2, 0.25) is 0 Å². The fourth-order valence-corrected chi connectivity index (χ4v) is 4.62. The average molecular weight is 439 g/mol. The smallest absolute Gasteiger partial charge is 0.258 e. The predicted octanol–water partition coefficient (Wildman–Crippen LogP) is 0.697. The molecule has 0 saturated carbocycles. The van der Waals surface area contributed by atoms with Crippen LogP contribution in [0.15, 0.2) is 28.5 Å². The summed E-state index contributed by atoms with van der Waals surface area (Å²) in [5, 5.41) is 6.29. The summed E-state index contributed by atoms with van der Waals surface area (Å²) in [6.07, 6.45) is 1.90. The number of aromatic nitrogens is 6. The lowest BCUT2D eigenvalue weighted by Gasteiger charge is -2.34. The van der Waals surface area contributed by atoms with Crippen molar-refractivity contribution in [2.45, 2.75) is 26.8 Å². The SMILES string of the molecule is Cc1cc(C)n2nc(CC(=O)N3CCN(Cc4cc(=O)n5ccsc5n4)CC3)nc2n1. The summed E-state index contributed by atoms with van der Waals surface area (Å²) in [4.78, 5) is 43.1. The van der Waals surface area contributed by atoms with E-state index in [1.165, 1.54) is 11.3 Å². The van der Waals surface area contributed by atoms with E-state index in [0.29, 0.717) is 36.2 Å². The highest BCUT2D eigenvalue weighted by molar-refractivity contribution is 7.15. The van der Waals surface area contributed by atoms with Gasteiger partial charge in [-0.3, -0.25) is 18.9 Å². The zero-order valence-electron chi connectivity index (χ0n) is 17.4. The number of thiazole rings is 1. The molecule has 0 N–H and O–H groups in total. The van der Waals surface area contributed by atoms with E-state index in [1.54, 1.807) is 21.2 Å². The molecule has 0 atom stereocenters. The molecule has 5 rings (SSSR count). The van der Waals surface area contributed by atoms with Crippen molar-refractivity contribution in [1.82, 2.24) is 38.8 Å². The third kappa shape index (κ3) is 3.93. The van der Waals surface area contributed by atoms with Crippen LogP contribution in [0.25, 0.3) is 10.7 Å². The Morgan fingerprint density at radius 1 is 1.10 bits per heavy atom. The van der Waals surface area contributed by atoms with Crippen LogP contribution in [0, 0.1) is 13.8 Å². The van der Waals surface area contributed by atoms with Crippen LogP contribution in [-0.4, -0.2) is 70.9 Å². The molecule has 1 amide bonds. The fourth-order valence-electron chi connectivity index (χ4n) is 3.88. The lowest BCUT2D eigenvalue weighted by molar-refractivity contribution is -0.132. The first-order valence-electron chi connectivity index (χ1n) is 10.1. The van der Waals surface area contributed by atoms with Crippen LogP contribution < -0.4 is 5.56 Å². The second-order valence-electron chi connectivity index (χ2n) is 7.75. The Kier molecular flexibility index (Phi) is 4.98. The normalized spacial score (nSPS) is 15.2. The number of carbonyl (C=O) groups is 1. The molecule has 31 heavy (non-hydrogen) atoms. The van der Waals surface area contributed by atoms with Crippen molar-refractivity contribution in [3.05, 3.63) is 57.0 Å². The lowest BCUT2D eigenvalue weighted by Crippen LogP contribution is -2.48. The average Bonchev–Trinajstić information content (AvgIpc) is 3.35. The summed E-state index contributed by atoms with van der Waals surface area (Å²) in [6.45, 7) is 7.18. The van der Waals surface area contributed by atoms with E-state index in [1.807, 2.05) is 30.2 Å². The minimum Gasteiger partial charge on any atom is -0.340 e. The second-order valence-corrected chi connectivity index (χ2v) is 8.63. The Morgan fingerprint density at radius 3 is 2.71 bits per heavy atom.